The summed E-state index contributed by atoms with van der Waals surface area (Å²) in [6.45, 7) is 6.70. The molecule has 0 unspecified atom stereocenters. The highest BCUT2D eigenvalue weighted by molar-refractivity contribution is 5.84. The number of nitrogens with zero attached hydrogens (tertiary/aromatic N) is 5. The van der Waals surface area contributed by atoms with Gasteiger partial charge in [0.05, 0.1) is 17.2 Å². The van der Waals surface area contributed by atoms with Crippen molar-refractivity contribution in [3.63, 3.8) is 0 Å². The summed E-state index contributed by atoms with van der Waals surface area (Å²) in [6, 6.07) is 27.4. The van der Waals surface area contributed by atoms with Crippen LogP contribution in [0, 0.1) is 17.8 Å². The molecule has 8 heteroatoms. The van der Waals surface area contributed by atoms with Crippen LogP contribution < -0.4 is 5.73 Å². The number of fused-ring (bicyclic) bond motifs is 1. The highest BCUT2D eigenvalue weighted by atomic mass is 16.4. The fraction of sp³-hybridized carbons (Fsp3) is 0.351. The quantitative estimate of drug-likeness (QED) is 0.196. The van der Waals surface area contributed by atoms with E-state index in [2.05, 4.69) is 64.7 Å². The molecule has 8 nitrogen and oxygen atoms in total. The lowest BCUT2D eigenvalue weighted by Crippen LogP contribution is -2.55. The maximum atomic E-state index is 11.5. The smallest absolute Gasteiger partial charge is 0.306 e. The zero-order chi connectivity index (χ0) is 31.1. The van der Waals surface area contributed by atoms with Crippen LogP contribution in [0.3, 0.4) is 0 Å². The Labute approximate surface area is 264 Å². The van der Waals surface area contributed by atoms with Gasteiger partial charge in [0.15, 0.2) is 11.5 Å². The van der Waals surface area contributed by atoms with Gasteiger partial charge in [0.2, 0.25) is 0 Å². The number of benzene rings is 2. The lowest BCUT2D eigenvalue weighted by atomic mass is 9.73. The first-order valence-corrected chi connectivity index (χ1v) is 16.1. The molecule has 1 aliphatic carbocycles. The van der Waals surface area contributed by atoms with E-state index in [4.69, 9.17) is 15.7 Å². The normalized spacial score (nSPS) is 19.9. The van der Waals surface area contributed by atoms with E-state index in [9.17, 15) is 9.90 Å². The molecule has 0 radical (unpaired) electrons. The number of carboxylic acids is 1. The Morgan fingerprint density at radius 3 is 2.29 bits per heavy atom. The Hall–Kier alpha value is -4.56. The van der Waals surface area contributed by atoms with Crippen molar-refractivity contribution in [2.75, 3.05) is 18.8 Å². The van der Waals surface area contributed by atoms with Gasteiger partial charge < -0.3 is 10.8 Å². The number of aliphatic carboxylic acids is 1. The molecule has 2 fully saturated rings. The molecule has 1 atom stereocenters. The number of hydrogen-bond acceptors (Lipinski definition) is 6. The van der Waals surface area contributed by atoms with Crippen molar-refractivity contribution in [3.05, 3.63) is 90.6 Å². The molecule has 1 saturated carbocycles. The summed E-state index contributed by atoms with van der Waals surface area (Å²) in [6.07, 6.45) is 5.33. The Balaban J connectivity index is 1.16. The van der Waals surface area contributed by atoms with E-state index < -0.39 is 5.97 Å². The number of likely N-dealkylation sites (tertiary alicyclic amines) is 1. The van der Waals surface area contributed by atoms with Crippen LogP contribution in [0.25, 0.3) is 39.5 Å². The Morgan fingerprint density at radius 1 is 0.889 bits per heavy atom. The summed E-state index contributed by atoms with van der Waals surface area (Å²) in [7, 11) is 0. The van der Waals surface area contributed by atoms with Gasteiger partial charge in [0.25, 0.3) is 0 Å². The van der Waals surface area contributed by atoms with E-state index in [1.54, 1.807) is 6.20 Å². The number of carbonyl (C=O) groups is 1. The van der Waals surface area contributed by atoms with Crippen molar-refractivity contribution >= 4 is 23.0 Å². The van der Waals surface area contributed by atoms with E-state index >= 15 is 0 Å². The molecule has 0 spiro atoms. The molecule has 3 aromatic heterocycles. The first-order chi connectivity index (χ1) is 21.9. The van der Waals surface area contributed by atoms with Crippen molar-refractivity contribution in [2.45, 2.75) is 51.5 Å². The topological polar surface area (TPSA) is 110 Å². The monoisotopic (exact) mass is 600 g/mol. The molecule has 230 valence electrons. The minimum absolute atomic E-state index is 0.167. The zero-order valence-electron chi connectivity index (χ0n) is 25.9. The molecule has 5 aromatic rings. The average Bonchev–Trinajstić information content (AvgIpc) is 3.42. The van der Waals surface area contributed by atoms with Crippen molar-refractivity contribution in [1.29, 1.82) is 0 Å². The number of imidazole rings is 1. The molecule has 1 saturated heterocycles. The van der Waals surface area contributed by atoms with Gasteiger partial charge in [-0.15, -0.1) is 0 Å². The molecule has 4 heterocycles. The summed E-state index contributed by atoms with van der Waals surface area (Å²) in [5.41, 5.74) is 12.9. The van der Waals surface area contributed by atoms with E-state index in [1.807, 2.05) is 42.5 Å². The highest BCUT2D eigenvalue weighted by Crippen LogP contribution is 2.40. The van der Waals surface area contributed by atoms with Gasteiger partial charge in [0, 0.05) is 42.5 Å². The fourth-order valence-corrected chi connectivity index (χ4v) is 7.59. The Bertz CT molecular complexity index is 1800. The van der Waals surface area contributed by atoms with Crippen molar-refractivity contribution in [3.8, 4) is 28.3 Å². The molecular weight excluding hydrogens is 560 g/mol. The zero-order valence-corrected chi connectivity index (χ0v) is 25.9. The van der Waals surface area contributed by atoms with Gasteiger partial charge in [-0.2, -0.15) is 0 Å². The molecule has 2 aromatic carbocycles. The number of pyridine rings is 2. The molecule has 0 bridgehead atoms. The summed E-state index contributed by atoms with van der Waals surface area (Å²) in [5.74, 6) is 1.94. The molecule has 7 rings (SSSR count). The lowest BCUT2D eigenvalue weighted by Gasteiger charge is -2.50. The van der Waals surface area contributed by atoms with Crippen LogP contribution in [0.5, 0.6) is 0 Å². The number of hydrogen-bond donors (Lipinski definition) is 2. The van der Waals surface area contributed by atoms with Gasteiger partial charge in [-0.3, -0.25) is 14.3 Å². The van der Waals surface area contributed by atoms with Crippen LogP contribution in [0.2, 0.25) is 0 Å². The predicted molar refractivity (Wildman–Crippen MR) is 178 cm³/mol. The van der Waals surface area contributed by atoms with Crippen LogP contribution >= 0.6 is 0 Å². The average molecular weight is 601 g/mol. The second kappa shape index (κ2) is 12.1. The van der Waals surface area contributed by atoms with Gasteiger partial charge in [-0.1, -0.05) is 56.3 Å². The van der Waals surface area contributed by atoms with E-state index in [0.29, 0.717) is 35.4 Å². The highest BCUT2D eigenvalue weighted by Gasteiger charge is 2.40. The number of aromatic nitrogens is 4. The molecule has 0 amide bonds. The predicted octanol–water partition coefficient (Wildman–Crippen LogP) is 7.05. The van der Waals surface area contributed by atoms with Crippen molar-refractivity contribution in [2.24, 2.45) is 17.8 Å². The number of carboxylic acid groups (broad SMARTS) is 1. The number of nitrogens with two attached hydrogens (primary N) is 1. The van der Waals surface area contributed by atoms with E-state index in [0.717, 1.165) is 72.4 Å². The fourth-order valence-electron chi connectivity index (χ4n) is 7.59. The number of anilines is 1. The van der Waals surface area contributed by atoms with Gasteiger partial charge in [0.1, 0.15) is 11.3 Å². The largest absolute Gasteiger partial charge is 0.481 e. The molecule has 45 heavy (non-hydrogen) atoms. The number of rotatable bonds is 8. The first kappa shape index (κ1) is 29.2. The first-order valence-electron chi connectivity index (χ1n) is 16.1. The molecule has 1 aliphatic heterocycles. The molecule has 3 N–H and O–H groups in total. The molecular formula is C37H40N6O2. The van der Waals surface area contributed by atoms with Crippen LogP contribution in [0.1, 0.15) is 51.0 Å². The maximum absolute atomic E-state index is 11.5. The Kier molecular flexibility index (Phi) is 7.83. The second-order valence-electron chi connectivity index (χ2n) is 13.0. The van der Waals surface area contributed by atoms with Gasteiger partial charge in [-0.05, 0) is 79.5 Å². The summed E-state index contributed by atoms with van der Waals surface area (Å²) in [5, 5.41) is 9.45. The number of nitrogen functional groups attached to an aromatic ring is 1. The third-order valence-electron chi connectivity index (χ3n) is 9.89. The minimum atomic E-state index is -0.630. The van der Waals surface area contributed by atoms with Crippen LogP contribution in [-0.4, -0.2) is 54.6 Å². The summed E-state index contributed by atoms with van der Waals surface area (Å²) < 4.78 is 2.09. The SMILES string of the molecule is CC(C)[C@@H]([C@H]1CC[C@H](C(=O)O)CC1)N1CC(c2ccc(-n3c(-c4cccnc4N)nc4ccc(-c5ccccc5)nc43)cc2)C1. The van der Waals surface area contributed by atoms with Crippen LogP contribution in [0.15, 0.2) is 85.1 Å². The van der Waals surface area contributed by atoms with Gasteiger partial charge in [-0.25, -0.2) is 15.0 Å². The van der Waals surface area contributed by atoms with Crippen molar-refractivity contribution < 1.29 is 9.90 Å². The second-order valence-corrected chi connectivity index (χ2v) is 13.0. The van der Waals surface area contributed by atoms with Crippen LogP contribution in [0.4, 0.5) is 5.82 Å². The third kappa shape index (κ3) is 5.59. The maximum Gasteiger partial charge on any atom is 0.306 e. The van der Waals surface area contributed by atoms with Crippen molar-refractivity contribution in [1.82, 2.24) is 24.4 Å². The molecule has 2 aliphatic rings. The van der Waals surface area contributed by atoms with E-state index in [1.165, 1.54) is 5.56 Å². The standard InChI is InChI=1S/C37H40N6O2/c1-23(2)33(26-10-12-27(13-11-26)37(44)45)42-21-28(22-42)24-14-16-29(17-15-24)43-35(30-9-6-20-39-34(30)38)41-32-19-18-31(40-36(32)43)25-7-4-3-5-8-25/h3-9,14-20,23,26-28,33H,10-13,21-22H2,1-2H3,(H2,38,39)(H,44,45)/t26-,27-,33-/m0/s1. The third-order valence-corrected chi connectivity index (χ3v) is 9.89. The van der Waals surface area contributed by atoms with Crippen LogP contribution in [-0.2, 0) is 4.79 Å². The van der Waals surface area contributed by atoms with Gasteiger partial charge >= 0.3 is 5.97 Å². The summed E-state index contributed by atoms with van der Waals surface area (Å²) in [4.78, 5) is 28.5. The Morgan fingerprint density at radius 2 is 1.62 bits per heavy atom. The lowest BCUT2D eigenvalue weighted by molar-refractivity contribution is -0.143. The summed E-state index contributed by atoms with van der Waals surface area (Å²) >= 11 is 0. The van der Waals surface area contributed by atoms with E-state index in [-0.39, 0.29) is 5.92 Å². The minimum Gasteiger partial charge on any atom is -0.481 e.